The summed E-state index contributed by atoms with van der Waals surface area (Å²) in [5.41, 5.74) is 1.40. The van der Waals surface area contributed by atoms with Gasteiger partial charge in [-0.3, -0.25) is 0 Å². The average Bonchev–Trinajstić information content (AvgIpc) is 2.67. The molecule has 0 spiro atoms. The van der Waals surface area contributed by atoms with Gasteiger partial charge in [0, 0.05) is 0 Å². The van der Waals surface area contributed by atoms with E-state index < -0.39 is 0 Å². The van der Waals surface area contributed by atoms with Crippen molar-refractivity contribution < 1.29 is 9.13 Å². The van der Waals surface area contributed by atoms with E-state index in [0.29, 0.717) is 11.7 Å². The lowest BCUT2D eigenvalue weighted by molar-refractivity contribution is 0.114. The van der Waals surface area contributed by atoms with Gasteiger partial charge in [0.25, 0.3) is 0 Å². The number of hydrogen-bond acceptors (Lipinski definition) is 1. The molecule has 0 N–H and O–H groups in total. The van der Waals surface area contributed by atoms with Crippen molar-refractivity contribution in [3.05, 3.63) is 41.7 Å². The highest BCUT2D eigenvalue weighted by atomic mass is 19.1. The van der Waals surface area contributed by atoms with Crippen molar-refractivity contribution in [2.45, 2.75) is 64.2 Å². The number of halogens is 1. The van der Waals surface area contributed by atoms with Crippen molar-refractivity contribution in [1.82, 2.24) is 0 Å². The fourth-order valence-corrected chi connectivity index (χ4v) is 5.64. The van der Waals surface area contributed by atoms with E-state index in [1.807, 2.05) is 0 Å². The van der Waals surface area contributed by atoms with Crippen LogP contribution >= 0.6 is 0 Å². The summed E-state index contributed by atoms with van der Waals surface area (Å²) >= 11 is 0. The molecule has 26 heavy (non-hydrogen) atoms. The van der Waals surface area contributed by atoms with E-state index in [1.165, 1.54) is 64.0 Å². The Labute approximate surface area is 156 Å². The molecule has 0 aliphatic heterocycles. The lowest BCUT2D eigenvalue weighted by atomic mass is 9.63. The molecule has 2 aromatic rings. The van der Waals surface area contributed by atoms with Gasteiger partial charge in [0.1, 0.15) is 0 Å². The molecule has 2 saturated carbocycles. The summed E-state index contributed by atoms with van der Waals surface area (Å²) in [6, 6.07) is 10.0. The zero-order valence-corrected chi connectivity index (χ0v) is 16.1. The van der Waals surface area contributed by atoms with Gasteiger partial charge in [-0.1, -0.05) is 44.4 Å². The second-order valence-electron chi connectivity index (χ2n) is 8.59. The Kier molecular flexibility index (Phi) is 5.20. The molecule has 0 bridgehead atoms. The minimum absolute atomic E-state index is 0.268. The minimum atomic E-state index is -0.268. The van der Waals surface area contributed by atoms with E-state index >= 15 is 0 Å². The van der Waals surface area contributed by atoms with Crippen molar-refractivity contribution in [2.75, 3.05) is 7.11 Å². The van der Waals surface area contributed by atoms with Crippen molar-refractivity contribution in [2.24, 2.45) is 17.8 Å². The maximum atomic E-state index is 14.1. The molecule has 2 aromatic carbocycles. The second-order valence-corrected chi connectivity index (χ2v) is 8.59. The van der Waals surface area contributed by atoms with Crippen LogP contribution in [0, 0.1) is 23.6 Å². The van der Waals surface area contributed by atoms with Crippen LogP contribution in [0.25, 0.3) is 10.8 Å². The maximum Gasteiger partial charge on any atom is 0.165 e. The van der Waals surface area contributed by atoms with Gasteiger partial charge < -0.3 is 4.74 Å². The molecule has 2 aliphatic carbocycles. The van der Waals surface area contributed by atoms with Gasteiger partial charge in [0.05, 0.1) is 7.11 Å². The molecule has 2 aliphatic rings. The highest BCUT2D eigenvalue weighted by Gasteiger charge is 2.35. The Balaban J connectivity index is 1.50. The summed E-state index contributed by atoms with van der Waals surface area (Å²) in [4.78, 5) is 0. The fraction of sp³-hybridized carbons (Fsp3) is 0.583. The van der Waals surface area contributed by atoms with Crippen molar-refractivity contribution in [1.29, 1.82) is 0 Å². The van der Waals surface area contributed by atoms with Gasteiger partial charge in [0.15, 0.2) is 11.6 Å². The van der Waals surface area contributed by atoms with Gasteiger partial charge in [-0.05, 0) is 84.2 Å². The smallest absolute Gasteiger partial charge is 0.165 e. The van der Waals surface area contributed by atoms with Crippen molar-refractivity contribution >= 4 is 10.8 Å². The van der Waals surface area contributed by atoms with E-state index in [2.05, 4.69) is 25.1 Å². The Morgan fingerprint density at radius 3 is 2.58 bits per heavy atom. The fourth-order valence-electron chi connectivity index (χ4n) is 5.64. The summed E-state index contributed by atoms with van der Waals surface area (Å²) in [7, 11) is 1.52. The molecular weight excluding hydrogens is 323 g/mol. The molecule has 0 amide bonds. The highest BCUT2D eigenvalue weighted by molar-refractivity contribution is 5.84. The average molecular weight is 355 g/mol. The summed E-state index contributed by atoms with van der Waals surface area (Å²) in [6.07, 6.45) is 11.1. The molecule has 4 rings (SSSR count). The minimum Gasteiger partial charge on any atom is -0.494 e. The van der Waals surface area contributed by atoms with Crippen LogP contribution in [0.3, 0.4) is 0 Å². The van der Waals surface area contributed by atoms with E-state index in [4.69, 9.17) is 4.74 Å². The summed E-state index contributed by atoms with van der Waals surface area (Å²) in [5.74, 6) is 3.55. The monoisotopic (exact) mass is 354 g/mol. The Hall–Kier alpha value is -1.57. The number of hydrogen-bond donors (Lipinski definition) is 0. The standard InChI is InChI=1S/C24H31FO/c1-3-4-16-5-6-18-12-19(8-7-17(18)11-16)20-9-10-21-15-24(26-2)23(25)14-22(21)13-20/h9-10,13-19H,3-8,11-12H2,1-2H3/t16?,17-,18?,19-/m1/s1. The Morgan fingerprint density at radius 1 is 0.962 bits per heavy atom. The zero-order valence-electron chi connectivity index (χ0n) is 16.1. The van der Waals surface area contributed by atoms with Crippen LogP contribution in [0.5, 0.6) is 5.75 Å². The van der Waals surface area contributed by atoms with Crippen molar-refractivity contribution in [3.63, 3.8) is 0 Å². The van der Waals surface area contributed by atoms with E-state index in [0.717, 1.165) is 28.5 Å². The third-order valence-electron chi connectivity index (χ3n) is 7.02. The third-order valence-corrected chi connectivity index (χ3v) is 7.02. The first-order valence-corrected chi connectivity index (χ1v) is 10.4. The molecule has 2 unspecified atom stereocenters. The normalized spacial score (nSPS) is 28.7. The van der Waals surface area contributed by atoms with Crippen molar-refractivity contribution in [3.8, 4) is 5.75 Å². The Morgan fingerprint density at radius 2 is 1.77 bits per heavy atom. The summed E-state index contributed by atoms with van der Waals surface area (Å²) in [6.45, 7) is 2.32. The van der Waals surface area contributed by atoms with Gasteiger partial charge >= 0.3 is 0 Å². The zero-order chi connectivity index (χ0) is 18.1. The molecule has 0 aromatic heterocycles. The predicted molar refractivity (Wildman–Crippen MR) is 106 cm³/mol. The van der Waals surface area contributed by atoms with Crippen LogP contribution in [0.4, 0.5) is 4.39 Å². The summed E-state index contributed by atoms with van der Waals surface area (Å²) in [5, 5.41) is 2.05. The lowest BCUT2D eigenvalue weighted by Gasteiger charge is -2.42. The second kappa shape index (κ2) is 7.58. The first-order valence-electron chi connectivity index (χ1n) is 10.4. The first kappa shape index (κ1) is 17.8. The van der Waals surface area contributed by atoms with Crippen LogP contribution < -0.4 is 4.74 Å². The maximum absolute atomic E-state index is 14.1. The van der Waals surface area contributed by atoms with E-state index in [-0.39, 0.29) is 5.82 Å². The first-order chi connectivity index (χ1) is 12.7. The predicted octanol–water partition coefficient (Wildman–Crippen LogP) is 7.09. The van der Waals surface area contributed by atoms with Crippen LogP contribution in [0.1, 0.15) is 69.8 Å². The number of fused-ring (bicyclic) bond motifs is 2. The molecule has 1 nitrogen and oxygen atoms in total. The van der Waals surface area contributed by atoms with Gasteiger partial charge in [0.2, 0.25) is 0 Å². The van der Waals surface area contributed by atoms with Gasteiger partial charge in [-0.25, -0.2) is 4.39 Å². The number of methoxy groups -OCH3 is 1. The van der Waals surface area contributed by atoms with E-state index in [9.17, 15) is 4.39 Å². The molecular formula is C24H31FO. The Bertz CT molecular complexity index is 768. The van der Waals surface area contributed by atoms with Crippen LogP contribution in [-0.4, -0.2) is 7.11 Å². The van der Waals surface area contributed by atoms with Crippen LogP contribution in [0.2, 0.25) is 0 Å². The van der Waals surface area contributed by atoms with Crippen LogP contribution in [0.15, 0.2) is 30.3 Å². The quantitative estimate of drug-likeness (QED) is 0.569. The molecule has 0 radical (unpaired) electrons. The number of benzene rings is 2. The largest absolute Gasteiger partial charge is 0.494 e. The van der Waals surface area contributed by atoms with Gasteiger partial charge in [-0.2, -0.15) is 0 Å². The SMILES string of the molecule is CCCC1CCC2C[C@H](c3ccc4cc(OC)c(F)cc4c3)CC[C@@H]2C1. The molecule has 0 saturated heterocycles. The topological polar surface area (TPSA) is 9.23 Å². The molecule has 0 heterocycles. The highest BCUT2D eigenvalue weighted by Crippen LogP contribution is 2.48. The van der Waals surface area contributed by atoms with Crippen LogP contribution in [-0.2, 0) is 0 Å². The third kappa shape index (κ3) is 3.48. The van der Waals surface area contributed by atoms with Gasteiger partial charge in [-0.15, -0.1) is 0 Å². The molecule has 2 heteroatoms. The molecule has 140 valence electrons. The lowest BCUT2D eigenvalue weighted by Crippen LogP contribution is -2.30. The number of ether oxygens (including phenoxy) is 1. The summed E-state index contributed by atoms with van der Waals surface area (Å²) < 4.78 is 19.2. The van der Waals surface area contributed by atoms with E-state index in [1.54, 1.807) is 12.1 Å². The molecule has 2 fully saturated rings. The number of rotatable bonds is 4. The molecule has 4 atom stereocenters.